The van der Waals surface area contributed by atoms with Gasteiger partial charge in [-0.05, 0) is 32.8 Å². The second-order valence-corrected chi connectivity index (χ2v) is 4.78. The second kappa shape index (κ2) is 6.56. The number of ether oxygens (including phenoxy) is 2. The van der Waals surface area contributed by atoms with Gasteiger partial charge in [0.15, 0.2) is 0 Å². The molecule has 0 radical (unpaired) electrons. The number of nitrogens with one attached hydrogen (secondary N) is 1. The van der Waals surface area contributed by atoms with Crippen molar-refractivity contribution in [2.75, 3.05) is 24.3 Å². The van der Waals surface area contributed by atoms with Crippen molar-refractivity contribution in [3.63, 3.8) is 0 Å². The number of nitrogens with two attached hydrogens (primary N) is 1. The van der Waals surface area contributed by atoms with E-state index in [0.29, 0.717) is 29.8 Å². The van der Waals surface area contributed by atoms with Gasteiger partial charge in [-0.3, -0.25) is 0 Å². The summed E-state index contributed by atoms with van der Waals surface area (Å²) in [4.78, 5) is 16.1. The van der Waals surface area contributed by atoms with Crippen LogP contribution in [0, 0.1) is 0 Å². The van der Waals surface area contributed by atoms with Crippen molar-refractivity contribution in [3.8, 4) is 0 Å². The Morgan fingerprint density at radius 1 is 1.45 bits per heavy atom. The lowest BCUT2D eigenvalue weighted by atomic mass is 9.89. The molecule has 2 rings (SSSR count). The van der Waals surface area contributed by atoms with Gasteiger partial charge < -0.3 is 20.5 Å². The lowest BCUT2D eigenvalue weighted by molar-refractivity contribution is 0.00291. The Hall–Kier alpha value is -1.82. The fourth-order valence-electron chi connectivity index (χ4n) is 2.21. The summed E-state index contributed by atoms with van der Waals surface area (Å²) in [6.07, 6.45) is 3.67. The first kappa shape index (κ1) is 14.6. The number of esters is 1. The molecule has 1 aliphatic rings. The van der Waals surface area contributed by atoms with Crippen molar-refractivity contribution in [2.24, 2.45) is 0 Å². The molecule has 20 heavy (non-hydrogen) atoms. The normalized spacial score (nSPS) is 21.1. The van der Waals surface area contributed by atoms with Crippen LogP contribution in [0.1, 0.15) is 37.0 Å². The first-order valence-electron chi connectivity index (χ1n) is 6.94. The van der Waals surface area contributed by atoms with Crippen molar-refractivity contribution in [2.45, 2.75) is 38.8 Å². The van der Waals surface area contributed by atoms with Crippen molar-refractivity contribution in [3.05, 3.63) is 17.8 Å². The van der Waals surface area contributed by atoms with Gasteiger partial charge in [-0.2, -0.15) is 0 Å². The molecule has 6 heteroatoms. The summed E-state index contributed by atoms with van der Waals surface area (Å²) in [7, 11) is 0. The SMILES string of the molecule is CCOC(=O)c1cc(N)cnc1NC1CC(OCC)C1. The van der Waals surface area contributed by atoms with E-state index in [-0.39, 0.29) is 6.04 Å². The molecule has 0 bridgehead atoms. The predicted molar refractivity (Wildman–Crippen MR) is 76.7 cm³/mol. The molecule has 1 aliphatic carbocycles. The minimum absolute atomic E-state index is 0.274. The maximum Gasteiger partial charge on any atom is 0.341 e. The molecule has 110 valence electrons. The fourth-order valence-corrected chi connectivity index (χ4v) is 2.21. The number of hydrogen-bond acceptors (Lipinski definition) is 6. The van der Waals surface area contributed by atoms with Gasteiger partial charge in [0.1, 0.15) is 11.4 Å². The van der Waals surface area contributed by atoms with Gasteiger partial charge in [0.2, 0.25) is 0 Å². The number of hydrogen-bond donors (Lipinski definition) is 2. The summed E-state index contributed by atoms with van der Waals surface area (Å²) < 4.78 is 10.5. The fraction of sp³-hybridized carbons (Fsp3) is 0.571. The summed E-state index contributed by atoms with van der Waals surface area (Å²) in [5, 5.41) is 3.25. The van der Waals surface area contributed by atoms with Crippen LogP contribution in [0.5, 0.6) is 0 Å². The molecule has 1 heterocycles. The van der Waals surface area contributed by atoms with E-state index in [1.165, 1.54) is 6.20 Å². The van der Waals surface area contributed by atoms with Crippen LogP contribution in [-0.4, -0.2) is 36.3 Å². The zero-order valence-corrected chi connectivity index (χ0v) is 11.9. The average Bonchev–Trinajstić information content (AvgIpc) is 2.38. The van der Waals surface area contributed by atoms with Crippen LogP contribution in [-0.2, 0) is 9.47 Å². The summed E-state index contributed by atoms with van der Waals surface area (Å²) in [6.45, 7) is 4.80. The molecule has 1 aromatic heterocycles. The van der Waals surface area contributed by atoms with Crippen LogP contribution in [0.15, 0.2) is 12.3 Å². The molecule has 0 amide bonds. The Kier molecular flexibility index (Phi) is 4.79. The Morgan fingerprint density at radius 2 is 2.20 bits per heavy atom. The molecule has 0 unspecified atom stereocenters. The molecule has 0 atom stereocenters. The molecule has 0 spiro atoms. The average molecular weight is 279 g/mol. The van der Waals surface area contributed by atoms with Crippen molar-refractivity contribution >= 4 is 17.5 Å². The topological polar surface area (TPSA) is 86.5 Å². The van der Waals surface area contributed by atoms with E-state index in [4.69, 9.17) is 15.2 Å². The van der Waals surface area contributed by atoms with Crippen LogP contribution >= 0.6 is 0 Å². The Labute approximate surface area is 118 Å². The molecule has 1 saturated carbocycles. The monoisotopic (exact) mass is 279 g/mol. The number of pyridine rings is 1. The van der Waals surface area contributed by atoms with Crippen LogP contribution in [0.25, 0.3) is 0 Å². The first-order chi connectivity index (χ1) is 9.63. The molecular weight excluding hydrogens is 258 g/mol. The van der Waals surface area contributed by atoms with E-state index in [2.05, 4.69) is 10.3 Å². The zero-order chi connectivity index (χ0) is 14.5. The molecule has 0 aromatic carbocycles. The lowest BCUT2D eigenvalue weighted by Gasteiger charge is -2.35. The van der Waals surface area contributed by atoms with Gasteiger partial charge in [-0.25, -0.2) is 9.78 Å². The van der Waals surface area contributed by atoms with Gasteiger partial charge in [0, 0.05) is 12.6 Å². The van der Waals surface area contributed by atoms with E-state index in [0.717, 1.165) is 19.4 Å². The first-order valence-corrected chi connectivity index (χ1v) is 6.94. The number of rotatable bonds is 6. The number of nitrogens with zero attached hydrogens (tertiary/aromatic N) is 1. The third-order valence-corrected chi connectivity index (χ3v) is 3.24. The van der Waals surface area contributed by atoms with Crippen molar-refractivity contribution < 1.29 is 14.3 Å². The van der Waals surface area contributed by atoms with E-state index >= 15 is 0 Å². The minimum atomic E-state index is -0.407. The summed E-state index contributed by atoms with van der Waals surface area (Å²) >= 11 is 0. The molecule has 0 saturated heterocycles. The van der Waals surface area contributed by atoms with Gasteiger partial charge in [0.05, 0.1) is 24.6 Å². The highest BCUT2D eigenvalue weighted by atomic mass is 16.5. The number of nitrogen functional groups attached to an aromatic ring is 1. The smallest absolute Gasteiger partial charge is 0.341 e. The van der Waals surface area contributed by atoms with Gasteiger partial charge in [-0.1, -0.05) is 0 Å². The highest BCUT2D eigenvalue weighted by molar-refractivity contribution is 5.95. The Balaban J connectivity index is 2.02. The van der Waals surface area contributed by atoms with E-state index in [9.17, 15) is 4.79 Å². The van der Waals surface area contributed by atoms with E-state index in [1.807, 2.05) is 6.92 Å². The molecule has 1 aromatic rings. The Morgan fingerprint density at radius 3 is 2.85 bits per heavy atom. The molecular formula is C14H21N3O3. The predicted octanol–water partition coefficient (Wildman–Crippen LogP) is 1.82. The van der Waals surface area contributed by atoms with Crippen molar-refractivity contribution in [1.82, 2.24) is 4.98 Å². The number of anilines is 2. The summed E-state index contributed by atoms with van der Waals surface area (Å²) in [5.74, 6) is 0.119. The quantitative estimate of drug-likeness (QED) is 0.772. The van der Waals surface area contributed by atoms with Gasteiger partial charge in [0.25, 0.3) is 0 Å². The standard InChI is InChI=1S/C14H21N3O3/c1-3-19-11-6-10(7-11)17-13-12(14(18)20-4-2)5-9(15)8-16-13/h5,8,10-11H,3-4,6-7,15H2,1-2H3,(H,16,17). The largest absolute Gasteiger partial charge is 0.462 e. The van der Waals surface area contributed by atoms with E-state index < -0.39 is 5.97 Å². The highest BCUT2D eigenvalue weighted by Crippen LogP contribution is 2.28. The van der Waals surface area contributed by atoms with Gasteiger partial charge >= 0.3 is 5.97 Å². The molecule has 1 fully saturated rings. The number of carbonyl (C=O) groups excluding carboxylic acids is 1. The lowest BCUT2D eigenvalue weighted by Crippen LogP contribution is -2.41. The Bertz CT molecular complexity index is 473. The van der Waals surface area contributed by atoms with Crippen LogP contribution in [0.2, 0.25) is 0 Å². The molecule has 0 aliphatic heterocycles. The van der Waals surface area contributed by atoms with Crippen LogP contribution in [0.4, 0.5) is 11.5 Å². The maximum absolute atomic E-state index is 11.9. The third kappa shape index (κ3) is 3.39. The molecule has 6 nitrogen and oxygen atoms in total. The number of aromatic nitrogens is 1. The van der Waals surface area contributed by atoms with Gasteiger partial charge in [-0.15, -0.1) is 0 Å². The highest BCUT2D eigenvalue weighted by Gasteiger charge is 2.30. The van der Waals surface area contributed by atoms with E-state index in [1.54, 1.807) is 13.0 Å². The maximum atomic E-state index is 11.9. The number of carbonyl (C=O) groups is 1. The summed E-state index contributed by atoms with van der Waals surface area (Å²) in [5.41, 5.74) is 6.51. The van der Waals surface area contributed by atoms with Crippen LogP contribution < -0.4 is 11.1 Å². The second-order valence-electron chi connectivity index (χ2n) is 4.78. The zero-order valence-electron chi connectivity index (χ0n) is 11.9. The minimum Gasteiger partial charge on any atom is -0.462 e. The third-order valence-electron chi connectivity index (χ3n) is 3.24. The summed E-state index contributed by atoms with van der Waals surface area (Å²) in [6, 6.07) is 1.86. The van der Waals surface area contributed by atoms with Crippen molar-refractivity contribution in [1.29, 1.82) is 0 Å². The van der Waals surface area contributed by atoms with Crippen LogP contribution in [0.3, 0.4) is 0 Å². The molecule has 3 N–H and O–H groups in total.